The van der Waals surface area contributed by atoms with Gasteiger partial charge in [0.2, 0.25) is 0 Å². The van der Waals surface area contributed by atoms with Crippen molar-refractivity contribution in [2.45, 2.75) is 16.6 Å². The third kappa shape index (κ3) is 3.44. The summed E-state index contributed by atoms with van der Waals surface area (Å²) in [5, 5.41) is 0.309. The Kier molecular flexibility index (Phi) is 3.85. The SMILES string of the molecule is O=S(=O)(CC1CS1)c1ccc(Cc2ccccc2)cc1. The van der Waals surface area contributed by atoms with Crippen molar-refractivity contribution in [2.75, 3.05) is 11.5 Å². The molecule has 0 aromatic heterocycles. The summed E-state index contributed by atoms with van der Waals surface area (Å²) in [5.41, 5.74) is 2.37. The van der Waals surface area contributed by atoms with Crippen molar-refractivity contribution in [3.63, 3.8) is 0 Å². The van der Waals surface area contributed by atoms with E-state index in [1.165, 1.54) is 5.56 Å². The zero-order chi connectivity index (χ0) is 14.0. The van der Waals surface area contributed by atoms with Gasteiger partial charge in [0.15, 0.2) is 9.84 Å². The number of hydrogen-bond donors (Lipinski definition) is 0. The lowest BCUT2D eigenvalue weighted by Gasteiger charge is -2.05. The zero-order valence-corrected chi connectivity index (χ0v) is 12.7. The highest BCUT2D eigenvalue weighted by atomic mass is 32.2. The summed E-state index contributed by atoms with van der Waals surface area (Å²) in [4.78, 5) is 0.446. The van der Waals surface area contributed by atoms with Crippen LogP contribution in [0.15, 0.2) is 59.5 Å². The van der Waals surface area contributed by atoms with Crippen LogP contribution in [0.2, 0.25) is 0 Å². The number of hydrogen-bond acceptors (Lipinski definition) is 3. The van der Waals surface area contributed by atoms with Gasteiger partial charge < -0.3 is 0 Å². The first kappa shape index (κ1) is 13.7. The highest BCUT2D eigenvalue weighted by Crippen LogP contribution is 2.32. The topological polar surface area (TPSA) is 34.1 Å². The normalized spacial score (nSPS) is 17.9. The maximum atomic E-state index is 12.1. The molecule has 1 fully saturated rings. The molecule has 1 saturated heterocycles. The standard InChI is InChI=1S/C16H16O2S2/c17-20(18,12-15-11-19-15)16-8-6-14(7-9-16)10-13-4-2-1-3-5-13/h1-9,15H,10-12H2. The van der Waals surface area contributed by atoms with E-state index in [2.05, 4.69) is 12.1 Å². The molecular formula is C16H16O2S2. The van der Waals surface area contributed by atoms with Crippen molar-refractivity contribution in [1.29, 1.82) is 0 Å². The molecule has 4 heteroatoms. The van der Waals surface area contributed by atoms with E-state index in [9.17, 15) is 8.42 Å². The lowest BCUT2D eigenvalue weighted by molar-refractivity contribution is 0.596. The molecule has 1 aliphatic rings. The van der Waals surface area contributed by atoms with Crippen molar-refractivity contribution in [3.05, 3.63) is 65.7 Å². The molecule has 2 aromatic carbocycles. The third-order valence-corrected chi connectivity index (χ3v) is 6.36. The van der Waals surface area contributed by atoms with E-state index < -0.39 is 9.84 Å². The second-order valence-corrected chi connectivity index (χ2v) is 8.41. The first-order valence-corrected chi connectivity index (χ1v) is 9.31. The summed E-state index contributed by atoms with van der Waals surface area (Å²) in [5.74, 6) is 1.25. The summed E-state index contributed by atoms with van der Waals surface area (Å²) in [6, 6.07) is 17.5. The predicted molar refractivity (Wildman–Crippen MR) is 84.0 cm³/mol. The van der Waals surface area contributed by atoms with E-state index in [1.54, 1.807) is 23.9 Å². The number of thioether (sulfide) groups is 1. The van der Waals surface area contributed by atoms with Gasteiger partial charge in [-0.3, -0.25) is 0 Å². The van der Waals surface area contributed by atoms with Crippen LogP contribution in [0.5, 0.6) is 0 Å². The van der Waals surface area contributed by atoms with Crippen LogP contribution in [0.3, 0.4) is 0 Å². The molecule has 0 spiro atoms. The Morgan fingerprint density at radius 3 is 2.15 bits per heavy atom. The van der Waals surface area contributed by atoms with Crippen LogP contribution in [0.1, 0.15) is 11.1 Å². The van der Waals surface area contributed by atoms with Crippen molar-refractivity contribution in [3.8, 4) is 0 Å². The second-order valence-electron chi connectivity index (χ2n) is 5.04. The molecule has 2 aromatic rings. The minimum atomic E-state index is -3.11. The maximum Gasteiger partial charge on any atom is 0.179 e. The Morgan fingerprint density at radius 1 is 0.950 bits per heavy atom. The molecule has 20 heavy (non-hydrogen) atoms. The Labute approximate surface area is 124 Å². The number of benzene rings is 2. The van der Waals surface area contributed by atoms with Gasteiger partial charge in [0, 0.05) is 11.0 Å². The largest absolute Gasteiger partial charge is 0.224 e. The fraction of sp³-hybridized carbons (Fsp3) is 0.250. The predicted octanol–water partition coefficient (Wildman–Crippen LogP) is 3.17. The first-order chi connectivity index (χ1) is 9.63. The molecule has 0 bridgehead atoms. The molecule has 1 heterocycles. The molecule has 0 aliphatic carbocycles. The van der Waals surface area contributed by atoms with E-state index in [1.807, 2.05) is 30.3 Å². The molecular weight excluding hydrogens is 288 g/mol. The van der Waals surface area contributed by atoms with Crippen LogP contribution in [0.4, 0.5) is 0 Å². The minimum Gasteiger partial charge on any atom is -0.224 e. The van der Waals surface area contributed by atoms with Gasteiger partial charge in [-0.1, -0.05) is 42.5 Å². The summed E-state index contributed by atoms with van der Waals surface area (Å²) in [6.45, 7) is 0. The molecule has 3 rings (SSSR count). The molecule has 104 valence electrons. The van der Waals surface area contributed by atoms with Gasteiger partial charge >= 0.3 is 0 Å². The monoisotopic (exact) mass is 304 g/mol. The van der Waals surface area contributed by atoms with Crippen molar-refractivity contribution >= 4 is 21.6 Å². The summed E-state index contributed by atoms with van der Waals surface area (Å²) >= 11 is 1.72. The average Bonchev–Trinajstić information content (AvgIpc) is 3.24. The van der Waals surface area contributed by atoms with Crippen LogP contribution in [-0.4, -0.2) is 25.2 Å². The summed E-state index contributed by atoms with van der Waals surface area (Å²) < 4.78 is 24.3. The molecule has 1 aliphatic heterocycles. The van der Waals surface area contributed by atoms with Crippen molar-refractivity contribution in [2.24, 2.45) is 0 Å². The second kappa shape index (κ2) is 5.62. The van der Waals surface area contributed by atoms with E-state index >= 15 is 0 Å². The van der Waals surface area contributed by atoms with Crippen molar-refractivity contribution < 1.29 is 8.42 Å². The minimum absolute atomic E-state index is 0.274. The van der Waals surface area contributed by atoms with Crippen LogP contribution in [0.25, 0.3) is 0 Å². The highest BCUT2D eigenvalue weighted by molar-refractivity contribution is 8.08. The van der Waals surface area contributed by atoms with Crippen LogP contribution in [0, 0.1) is 0 Å². The fourth-order valence-electron chi connectivity index (χ4n) is 2.15. The quantitative estimate of drug-likeness (QED) is 0.796. The molecule has 0 amide bonds. The van der Waals surface area contributed by atoms with E-state index in [0.29, 0.717) is 10.1 Å². The lowest BCUT2D eigenvalue weighted by atomic mass is 10.1. The van der Waals surface area contributed by atoms with Crippen LogP contribution < -0.4 is 0 Å². The number of sulfone groups is 1. The Morgan fingerprint density at radius 2 is 1.55 bits per heavy atom. The molecule has 1 unspecified atom stereocenters. The van der Waals surface area contributed by atoms with Gasteiger partial charge in [-0.25, -0.2) is 8.42 Å². The lowest BCUT2D eigenvalue weighted by Crippen LogP contribution is -2.10. The average molecular weight is 304 g/mol. The Balaban J connectivity index is 1.74. The summed E-state index contributed by atoms with van der Waals surface area (Å²) in [6.07, 6.45) is 0.833. The zero-order valence-electron chi connectivity index (χ0n) is 11.0. The molecule has 2 nitrogen and oxygen atoms in total. The van der Waals surface area contributed by atoms with Gasteiger partial charge in [-0.05, 0) is 29.7 Å². The van der Waals surface area contributed by atoms with E-state index in [-0.39, 0.29) is 5.75 Å². The Bertz CT molecular complexity index is 672. The summed E-state index contributed by atoms with van der Waals surface area (Å²) in [7, 11) is -3.11. The third-order valence-electron chi connectivity index (χ3n) is 3.34. The van der Waals surface area contributed by atoms with Crippen LogP contribution >= 0.6 is 11.8 Å². The Hall–Kier alpha value is -1.26. The molecule has 0 N–H and O–H groups in total. The maximum absolute atomic E-state index is 12.1. The van der Waals surface area contributed by atoms with E-state index in [4.69, 9.17) is 0 Å². The molecule has 0 saturated carbocycles. The van der Waals surface area contributed by atoms with Gasteiger partial charge in [-0.2, -0.15) is 11.8 Å². The van der Waals surface area contributed by atoms with Gasteiger partial charge in [0.25, 0.3) is 0 Å². The fourth-order valence-corrected chi connectivity index (χ4v) is 4.83. The highest BCUT2D eigenvalue weighted by Gasteiger charge is 2.29. The molecule has 0 radical (unpaired) electrons. The molecule has 1 atom stereocenters. The number of rotatable bonds is 5. The van der Waals surface area contributed by atoms with Gasteiger partial charge in [-0.15, -0.1) is 0 Å². The first-order valence-electron chi connectivity index (χ1n) is 6.61. The van der Waals surface area contributed by atoms with Crippen molar-refractivity contribution in [1.82, 2.24) is 0 Å². The van der Waals surface area contributed by atoms with E-state index in [0.717, 1.165) is 17.7 Å². The van der Waals surface area contributed by atoms with Gasteiger partial charge in [0.1, 0.15) is 0 Å². The van der Waals surface area contributed by atoms with Crippen LogP contribution in [-0.2, 0) is 16.3 Å². The van der Waals surface area contributed by atoms with Gasteiger partial charge in [0.05, 0.1) is 10.6 Å². The smallest absolute Gasteiger partial charge is 0.179 e.